The van der Waals surface area contributed by atoms with Gasteiger partial charge in [-0.25, -0.2) is 0 Å². The summed E-state index contributed by atoms with van der Waals surface area (Å²) in [5.41, 5.74) is 4.49. The van der Waals surface area contributed by atoms with Gasteiger partial charge in [0.25, 0.3) is 0 Å². The van der Waals surface area contributed by atoms with E-state index in [-0.39, 0.29) is 49.5 Å². The van der Waals surface area contributed by atoms with Gasteiger partial charge in [0.1, 0.15) is 25.1 Å². The summed E-state index contributed by atoms with van der Waals surface area (Å²) in [4.78, 5) is 60.8. The Bertz CT molecular complexity index is 1220. The highest BCUT2D eigenvalue weighted by Crippen LogP contribution is 2.44. The van der Waals surface area contributed by atoms with Gasteiger partial charge in [0.15, 0.2) is 0 Å². The van der Waals surface area contributed by atoms with Crippen LogP contribution in [0.4, 0.5) is 0 Å². The van der Waals surface area contributed by atoms with Crippen molar-refractivity contribution in [1.29, 1.82) is 0 Å². The van der Waals surface area contributed by atoms with Crippen molar-refractivity contribution in [1.82, 2.24) is 21.3 Å². The van der Waals surface area contributed by atoms with Gasteiger partial charge in [-0.2, -0.15) is 0 Å². The lowest BCUT2D eigenvalue weighted by Gasteiger charge is -2.29. The van der Waals surface area contributed by atoms with Gasteiger partial charge in [-0.3, -0.25) is 24.0 Å². The summed E-state index contributed by atoms with van der Waals surface area (Å²) in [6.45, 7) is 2.84. The molecule has 0 radical (unpaired) electrons. The van der Waals surface area contributed by atoms with Gasteiger partial charge in [-0.15, -0.1) is 0 Å². The molecule has 2 atom stereocenters. The smallest absolute Gasteiger partial charge is 0.315 e. The van der Waals surface area contributed by atoms with Crippen LogP contribution in [0.5, 0.6) is 0 Å². The minimum atomic E-state index is -0.719. The van der Waals surface area contributed by atoms with Crippen LogP contribution < -0.4 is 21.3 Å². The number of carbonyl (C=O) groups is 5. The van der Waals surface area contributed by atoms with Crippen LogP contribution in [0.2, 0.25) is 0 Å². The van der Waals surface area contributed by atoms with Gasteiger partial charge in [0.05, 0.1) is 0 Å². The van der Waals surface area contributed by atoms with Crippen LogP contribution >= 0.6 is 0 Å². The SMILES string of the molecule is CCNC(=O)CC[C@@H]1NC(=O)[C@H](CCCCNC(=O)CC(=O)OCC2c3ccccc3-c3ccccc32)NC1=O. The van der Waals surface area contributed by atoms with E-state index in [2.05, 4.69) is 33.4 Å². The van der Waals surface area contributed by atoms with E-state index in [1.165, 1.54) is 0 Å². The van der Waals surface area contributed by atoms with Crippen LogP contribution in [0.1, 0.15) is 62.5 Å². The number of hydrogen-bond acceptors (Lipinski definition) is 6. The Balaban J connectivity index is 1.11. The number of esters is 1. The van der Waals surface area contributed by atoms with E-state index in [1.807, 2.05) is 43.3 Å². The summed E-state index contributed by atoms with van der Waals surface area (Å²) in [5.74, 6) is -1.80. The van der Waals surface area contributed by atoms with Crippen molar-refractivity contribution in [3.8, 4) is 11.1 Å². The Morgan fingerprint density at radius 2 is 1.40 bits per heavy atom. The van der Waals surface area contributed by atoms with Crippen molar-refractivity contribution in [2.75, 3.05) is 19.7 Å². The number of amides is 4. The number of hydrogen-bond donors (Lipinski definition) is 4. The summed E-state index contributed by atoms with van der Waals surface area (Å²) in [6.07, 6.45) is 1.62. The number of benzene rings is 2. The standard InChI is InChI=1S/C30H36N4O6/c1-2-31-26(35)15-14-25-30(39)33-24(29(38)34-25)13-7-8-16-32-27(36)17-28(37)40-18-23-21-11-5-3-9-19(21)20-10-4-6-12-22(20)23/h3-6,9-12,23-25H,2,7-8,13-18H2,1H3,(H,31,35)(H,32,36)(H,33,39)(H,34,38)/t24-,25-/m0/s1. The second-order valence-electron chi connectivity index (χ2n) is 10.0. The monoisotopic (exact) mass is 548 g/mol. The normalized spacial score (nSPS) is 17.7. The molecule has 2 aliphatic rings. The van der Waals surface area contributed by atoms with Crippen molar-refractivity contribution in [3.63, 3.8) is 0 Å². The molecule has 1 aliphatic heterocycles. The summed E-state index contributed by atoms with van der Waals surface area (Å²) in [7, 11) is 0. The fourth-order valence-corrected chi connectivity index (χ4v) is 5.20. The molecule has 4 rings (SSSR count). The third-order valence-corrected chi connectivity index (χ3v) is 7.22. The molecule has 2 aromatic rings. The fourth-order valence-electron chi connectivity index (χ4n) is 5.20. The maximum absolute atomic E-state index is 12.4. The minimum Gasteiger partial charge on any atom is -0.464 e. The van der Waals surface area contributed by atoms with E-state index in [4.69, 9.17) is 4.74 Å². The summed E-state index contributed by atoms with van der Waals surface area (Å²) >= 11 is 0. The topological polar surface area (TPSA) is 143 Å². The first-order valence-corrected chi connectivity index (χ1v) is 13.8. The molecule has 0 aromatic heterocycles. The molecular weight excluding hydrogens is 512 g/mol. The van der Waals surface area contributed by atoms with Gasteiger partial charge < -0.3 is 26.0 Å². The predicted molar refractivity (Wildman–Crippen MR) is 148 cm³/mol. The molecule has 0 spiro atoms. The second-order valence-corrected chi connectivity index (χ2v) is 10.0. The molecule has 212 valence electrons. The highest BCUT2D eigenvalue weighted by Gasteiger charge is 2.33. The maximum atomic E-state index is 12.4. The summed E-state index contributed by atoms with van der Waals surface area (Å²) < 4.78 is 5.48. The van der Waals surface area contributed by atoms with E-state index < -0.39 is 24.0 Å². The average Bonchev–Trinajstić information content (AvgIpc) is 3.26. The quantitative estimate of drug-likeness (QED) is 0.171. The molecule has 1 heterocycles. The van der Waals surface area contributed by atoms with Crippen LogP contribution in [-0.2, 0) is 28.7 Å². The average molecular weight is 549 g/mol. The molecule has 10 heteroatoms. The first-order valence-electron chi connectivity index (χ1n) is 13.8. The first-order chi connectivity index (χ1) is 19.4. The van der Waals surface area contributed by atoms with Gasteiger partial charge in [-0.05, 0) is 54.9 Å². The Morgan fingerprint density at radius 3 is 2.02 bits per heavy atom. The fraction of sp³-hybridized carbons (Fsp3) is 0.433. The van der Waals surface area contributed by atoms with E-state index in [0.717, 1.165) is 22.3 Å². The number of piperazine rings is 1. The van der Waals surface area contributed by atoms with Crippen molar-refractivity contribution in [3.05, 3.63) is 59.7 Å². The molecule has 1 aliphatic carbocycles. The van der Waals surface area contributed by atoms with Gasteiger partial charge >= 0.3 is 5.97 Å². The number of fused-ring (bicyclic) bond motifs is 3. The van der Waals surface area contributed by atoms with E-state index in [0.29, 0.717) is 32.4 Å². The number of nitrogens with one attached hydrogen (secondary N) is 4. The lowest BCUT2D eigenvalue weighted by Crippen LogP contribution is -2.61. The lowest BCUT2D eigenvalue weighted by molar-refractivity contribution is -0.146. The van der Waals surface area contributed by atoms with Crippen molar-refractivity contribution >= 4 is 29.6 Å². The van der Waals surface area contributed by atoms with Crippen LogP contribution in [-0.4, -0.2) is 61.4 Å². The number of rotatable bonds is 13. The molecule has 0 unspecified atom stereocenters. The predicted octanol–water partition coefficient (Wildman–Crippen LogP) is 1.92. The van der Waals surface area contributed by atoms with Crippen LogP contribution in [0, 0.1) is 0 Å². The van der Waals surface area contributed by atoms with E-state index in [1.54, 1.807) is 0 Å². The zero-order chi connectivity index (χ0) is 28.5. The molecule has 1 saturated heterocycles. The van der Waals surface area contributed by atoms with Crippen molar-refractivity contribution in [2.45, 2.75) is 63.5 Å². The third kappa shape index (κ3) is 7.25. The Kier molecular flexibility index (Phi) is 9.88. The molecular formula is C30H36N4O6. The minimum absolute atomic E-state index is 0.0623. The number of carbonyl (C=O) groups excluding carboxylic acids is 5. The van der Waals surface area contributed by atoms with Crippen molar-refractivity contribution in [2.24, 2.45) is 0 Å². The second kappa shape index (κ2) is 13.7. The molecule has 40 heavy (non-hydrogen) atoms. The number of ether oxygens (including phenoxy) is 1. The van der Waals surface area contributed by atoms with Gasteiger partial charge in [-0.1, -0.05) is 48.5 Å². The summed E-state index contributed by atoms with van der Waals surface area (Å²) in [6, 6.07) is 14.7. The zero-order valence-electron chi connectivity index (χ0n) is 22.7. The Hall–Kier alpha value is -4.21. The van der Waals surface area contributed by atoms with E-state index in [9.17, 15) is 24.0 Å². The maximum Gasteiger partial charge on any atom is 0.315 e. The molecule has 1 fully saturated rings. The highest BCUT2D eigenvalue weighted by atomic mass is 16.5. The number of unbranched alkanes of at least 4 members (excludes halogenated alkanes) is 1. The largest absolute Gasteiger partial charge is 0.464 e. The van der Waals surface area contributed by atoms with Crippen LogP contribution in [0.25, 0.3) is 11.1 Å². The molecule has 4 N–H and O–H groups in total. The summed E-state index contributed by atoms with van der Waals surface area (Å²) in [5, 5.41) is 10.8. The molecule has 10 nitrogen and oxygen atoms in total. The lowest BCUT2D eigenvalue weighted by atomic mass is 9.98. The van der Waals surface area contributed by atoms with Gasteiger partial charge in [0, 0.05) is 25.4 Å². The highest BCUT2D eigenvalue weighted by molar-refractivity contribution is 5.97. The molecule has 4 amide bonds. The molecule has 0 bridgehead atoms. The molecule has 0 saturated carbocycles. The van der Waals surface area contributed by atoms with Crippen molar-refractivity contribution < 1.29 is 28.7 Å². The van der Waals surface area contributed by atoms with E-state index >= 15 is 0 Å². The first kappa shape index (κ1) is 28.8. The van der Waals surface area contributed by atoms with Crippen LogP contribution in [0.3, 0.4) is 0 Å². The zero-order valence-corrected chi connectivity index (χ0v) is 22.7. The third-order valence-electron chi connectivity index (χ3n) is 7.22. The molecule has 2 aromatic carbocycles. The Morgan fingerprint density at radius 1 is 0.800 bits per heavy atom. The van der Waals surface area contributed by atoms with Crippen LogP contribution in [0.15, 0.2) is 48.5 Å². The van der Waals surface area contributed by atoms with Gasteiger partial charge in [0.2, 0.25) is 23.6 Å². The Labute approximate surface area is 233 Å².